The van der Waals surface area contributed by atoms with E-state index in [1.165, 1.54) is 0 Å². The van der Waals surface area contributed by atoms with Gasteiger partial charge in [0.15, 0.2) is 0 Å². The SMILES string of the molecule is O=C1OCC(NCc2ccc(Cl)nc2)=C1CO. The average molecular weight is 255 g/mol. The van der Waals surface area contributed by atoms with Crippen molar-refractivity contribution in [3.05, 3.63) is 40.3 Å². The lowest BCUT2D eigenvalue weighted by Gasteiger charge is -2.06. The number of aliphatic hydroxyl groups is 1. The van der Waals surface area contributed by atoms with Crippen molar-refractivity contribution in [1.29, 1.82) is 0 Å². The summed E-state index contributed by atoms with van der Waals surface area (Å²) >= 11 is 5.67. The Morgan fingerprint density at radius 1 is 1.53 bits per heavy atom. The van der Waals surface area contributed by atoms with Gasteiger partial charge in [-0.1, -0.05) is 17.7 Å². The maximum atomic E-state index is 11.2. The van der Waals surface area contributed by atoms with Crippen LogP contribution in [0.25, 0.3) is 0 Å². The fraction of sp³-hybridized carbons (Fsp3) is 0.273. The first-order valence-corrected chi connectivity index (χ1v) is 5.43. The minimum Gasteiger partial charge on any atom is -0.456 e. The molecule has 0 aromatic carbocycles. The highest BCUT2D eigenvalue weighted by atomic mass is 35.5. The lowest BCUT2D eigenvalue weighted by Crippen LogP contribution is -2.16. The molecule has 2 N–H and O–H groups in total. The second kappa shape index (κ2) is 5.16. The predicted molar refractivity (Wildman–Crippen MR) is 61.2 cm³/mol. The monoisotopic (exact) mass is 254 g/mol. The predicted octanol–water partition coefficient (Wildman–Crippen LogP) is 0.628. The van der Waals surface area contributed by atoms with Gasteiger partial charge in [-0.05, 0) is 11.6 Å². The first kappa shape index (κ1) is 11.9. The molecule has 1 aromatic heterocycles. The van der Waals surface area contributed by atoms with E-state index in [1.54, 1.807) is 12.3 Å². The number of ether oxygens (including phenoxy) is 1. The zero-order valence-corrected chi connectivity index (χ0v) is 9.70. The van der Waals surface area contributed by atoms with E-state index in [4.69, 9.17) is 21.4 Å². The van der Waals surface area contributed by atoms with E-state index in [1.807, 2.05) is 6.07 Å². The fourth-order valence-electron chi connectivity index (χ4n) is 1.47. The number of pyridine rings is 1. The van der Waals surface area contributed by atoms with E-state index in [0.29, 0.717) is 17.4 Å². The Morgan fingerprint density at radius 2 is 2.35 bits per heavy atom. The number of carbonyl (C=O) groups excluding carboxylic acids is 1. The van der Waals surface area contributed by atoms with Crippen LogP contribution in [0.4, 0.5) is 0 Å². The molecular formula is C11H11ClN2O3. The topological polar surface area (TPSA) is 71.5 Å². The summed E-state index contributed by atoms with van der Waals surface area (Å²) in [4.78, 5) is 15.1. The zero-order valence-electron chi connectivity index (χ0n) is 8.94. The minimum atomic E-state index is -0.468. The Bertz CT molecular complexity index is 456. The number of carbonyl (C=O) groups is 1. The molecule has 0 unspecified atom stereocenters. The molecule has 1 aliphatic rings. The van der Waals surface area contributed by atoms with Crippen LogP contribution in [0.2, 0.25) is 5.15 Å². The first-order valence-electron chi connectivity index (χ1n) is 5.05. The molecule has 0 atom stereocenters. The second-order valence-corrected chi connectivity index (χ2v) is 3.92. The van der Waals surface area contributed by atoms with E-state index < -0.39 is 5.97 Å². The van der Waals surface area contributed by atoms with Crippen molar-refractivity contribution in [3.63, 3.8) is 0 Å². The van der Waals surface area contributed by atoms with Crippen LogP contribution in [0.15, 0.2) is 29.6 Å². The number of nitrogens with zero attached hydrogens (tertiary/aromatic N) is 1. The summed E-state index contributed by atoms with van der Waals surface area (Å²) in [6.45, 7) is 0.357. The zero-order chi connectivity index (χ0) is 12.3. The van der Waals surface area contributed by atoms with Crippen molar-refractivity contribution >= 4 is 17.6 Å². The van der Waals surface area contributed by atoms with Crippen LogP contribution in [0.5, 0.6) is 0 Å². The molecule has 0 amide bonds. The molecule has 0 radical (unpaired) electrons. The van der Waals surface area contributed by atoms with Gasteiger partial charge in [-0.2, -0.15) is 0 Å². The molecule has 5 nitrogen and oxygen atoms in total. The maximum Gasteiger partial charge on any atom is 0.338 e. The number of cyclic esters (lactones) is 1. The standard InChI is InChI=1S/C11H11ClN2O3/c12-10-2-1-7(4-14-10)3-13-9-6-17-11(16)8(9)5-15/h1-2,4,13,15H,3,5-6H2. The van der Waals surface area contributed by atoms with Crippen molar-refractivity contribution in [2.24, 2.45) is 0 Å². The molecule has 1 aromatic rings. The van der Waals surface area contributed by atoms with Gasteiger partial charge in [-0.3, -0.25) is 0 Å². The van der Waals surface area contributed by atoms with E-state index in [9.17, 15) is 4.79 Å². The fourth-order valence-corrected chi connectivity index (χ4v) is 1.58. The summed E-state index contributed by atoms with van der Waals surface area (Å²) in [6.07, 6.45) is 1.64. The highest BCUT2D eigenvalue weighted by Crippen LogP contribution is 2.13. The Labute approximate surface area is 103 Å². The van der Waals surface area contributed by atoms with Gasteiger partial charge in [-0.15, -0.1) is 0 Å². The Morgan fingerprint density at radius 3 is 3.00 bits per heavy atom. The van der Waals surface area contributed by atoms with Crippen LogP contribution in [0.1, 0.15) is 5.56 Å². The molecule has 6 heteroatoms. The Hall–Kier alpha value is -1.59. The van der Waals surface area contributed by atoms with Gasteiger partial charge < -0.3 is 15.2 Å². The maximum absolute atomic E-state index is 11.2. The molecule has 17 heavy (non-hydrogen) atoms. The lowest BCUT2D eigenvalue weighted by molar-refractivity contribution is -0.136. The average Bonchev–Trinajstić information content (AvgIpc) is 2.69. The van der Waals surface area contributed by atoms with Crippen LogP contribution < -0.4 is 5.32 Å². The highest BCUT2D eigenvalue weighted by molar-refractivity contribution is 6.29. The van der Waals surface area contributed by atoms with Gasteiger partial charge in [-0.25, -0.2) is 9.78 Å². The molecule has 0 fully saturated rings. The van der Waals surface area contributed by atoms with E-state index in [2.05, 4.69) is 10.3 Å². The van der Waals surface area contributed by atoms with Gasteiger partial charge >= 0.3 is 5.97 Å². The van der Waals surface area contributed by atoms with Gasteiger partial charge in [0.05, 0.1) is 17.9 Å². The molecule has 0 aliphatic carbocycles. The number of rotatable bonds is 4. The summed E-state index contributed by atoms with van der Waals surface area (Å²) < 4.78 is 4.80. The van der Waals surface area contributed by atoms with Crippen LogP contribution >= 0.6 is 11.6 Å². The molecule has 2 rings (SSSR count). The highest BCUT2D eigenvalue weighted by Gasteiger charge is 2.23. The summed E-state index contributed by atoms with van der Waals surface area (Å²) in [7, 11) is 0. The number of esters is 1. The third kappa shape index (κ3) is 2.75. The van der Waals surface area contributed by atoms with Crippen LogP contribution in [0, 0.1) is 0 Å². The summed E-state index contributed by atoms with van der Waals surface area (Å²) in [5, 5.41) is 12.5. The third-order valence-electron chi connectivity index (χ3n) is 2.41. The molecular weight excluding hydrogens is 244 g/mol. The number of aromatic nitrogens is 1. The number of hydrogen-bond donors (Lipinski definition) is 2. The third-order valence-corrected chi connectivity index (χ3v) is 2.63. The van der Waals surface area contributed by atoms with Gasteiger partial charge in [0, 0.05) is 12.7 Å². The molecule has 1 aliphatic heterocycles. The number of aliphatic hydroxyl groups excluding tert-OH is 1. The normalized spacial score (nSPS) is 15.1. The van der Waals surface area contributed by atoms with Gasteiger partial charge in [0.25, 0.3) is 0 Å². The number of nitrogens with one attached hydrogen (secondary N) is 1. The van der Waals surface area contributed by atoms with E-state index >= 15 is 0 Å². The van der Waals surface area contributed by atoms with E-state index in [0.717, 1.165) is 5.56 Å². The largest absolute Gasteiger partial charge is 0.456 e. The van der Waals surface area contributed by atoms with Crippen molar-refractivity contribution in [2.75, 3.05) is 13.2 Å². The van der Waals surface area contributed by atoms with Gasteiger partial charge in [0.1, 0.15) is 11.8 Å². The quantitative estimate of drug-likeness (QED) is 0.609. The number of halogens is 1. The Balaban J connectivity index is 2.01. The molecule has 0 bridgehead atoms. The summed E-state index contributed by atoms with van der Waals surface area (Å²) in [5.74, 6) is -0.468. The molecule has 90 valence electrons. The first-order chi connectivity index (χ1) is 8.20. The minimum absolute atomic E-state index is 0.176. The molecule has 0 saturated heterocycles. The van der Waals surface area contributed by atoms with Crippen molar-refractivity contribution in [3.8, 4) is 0 Å². The van der Waals surface area contributed by atoms with Crippen LogP contribution in [-0.2, 0) is 16.1 Å². The smallest absolute Gasteiger partial charge is 0.338 e. The Kier molecular flexibility index (Phi) is 3.61. The van der Waals surface area contributed by atoms with Crippen LogP contribution in [-0.4, -0.2) is 29.3 Å². The molecule has 0 saturated carbocycles. The van der Waals surface area contributed by atoms with Crippen molar-refractivity contribution < 1.29 is 14.6 Å². The molecule has 0 spiro atoms. The van der Waals surface area contributed by atoms with E-state index in [-0.39, 0.29) is 18.8 Å². The van der Waals surface area contributed by atoms with Crippen molar-refractivity contribution in [2.45, 2.75) is 6.54 Å². The number of hydrogen-bond acceptors (Lipinski definition) is 5. The lowest BCUT2D eigenvalue weighted by atomic mass is 10.2. The second-order valence-electron chi connectivity index (χ2n) is 3.53. The van der Waals surface area contributed by atoms with Crippen molar-refractivity contribution in [1.82, 2.24) is 10.3 Å². The van der Waals surface area contributed by atoms with Gasteiger partial charge in [0.2, 0.25) is 0 Å². The molecule has 2 heterocycles. The summed E-state index contributed by atoms with van der Waals surface area (Å²) in [6, 6.07) is 3.52. The van der Waals surface area contributed by atoms with Crippen LogP contribution in [0.3, 0.4) is 0 Å². The summed E-state index contributed by atoms with van der Waals surface area (Å²) in [5.41, 5.74) is 1.83.